The maximum atomic E-state index is 12.4. The van der Waals surface area contributed by atoms with Crippen molar-refractivity contribution in [2.24, 2.45) is 0 Å². The first kappa shape index (κ1) is 27.3. The third-order valence-electron chi connectivity index (χ3n) is 5.90. The van der Waals surface area contributed by atoms with Crippen LogP contribution in [0.3, 0.4) is 0 Å². The van der Waals surface area contributed by atoms with Crippen molar-refractivity contribution in [3.63, 3.8) is 0 Å². The fourth-order valence-corrected chi connectivity index (χ4v) is 4.80. The van der Waals surface area contributed by atoms with Crippen molar-refractivity contribution in [2.75, 3.05) is 19.4 Å². The highest BCUT2D eigenvalue weighted by Crippen LogP contribution is 2.31. The molecule has 2 aromatic heterocycles. The molecule has 0 amide bonds. The first-order chi connectivity index (χ1) is 18.1. The number of hydrogen-bond acceptors (Lipinski definition) is 12. The molecule has 1 fully saturated rings. The second-order valence-electron chi connectivity index (χ2n) is 8.43. The van der Waals surface area contributed by atoms with Gasteiger partial charge in [-0.1, -0.05) is 18.2 Å². The molecule has 14 nitrogen and oxygen atoms in total. The predicted molar refractivity (Wildman–Crippen MR) is 133 cm³/mol. The van der Waals surface area contributed by atoms with E-state index in [2.05, 4.69) is 24.4 Å². The molecule has 15 heteroatoms. The highest BCUT2D eigenvalue weighted by atomic mass is 32.2. The topological polar surface area (TPSA) is 209 Å². The van der Waals surface area contributed by atoms with E-state index >= 15 is 0 Å². The number of ketones is 1. The average molecular weight is 547 g/mol. The lowest BCUT2D eigenvalue weighted by Crippen LogP contribution is -2.39. The number of carbonyl (C=O) groups excluding carboxylic acids is 2. The normalized spacial score (nSPS) is 21.8. The Hall–Kier alpha value is -3.76. The summed E-state index contributed by atoms with van der Waals surface area (Å²) < 4.78 is 38.8. The molecule has 1 aliphatic heterocycles. The molecule has 1 saturated heterocycles. The predicted octanol–water partition coefficient (Wildman–Crippen LogP) is -0.0895. The lowest BCUT2D eigenvalue weighted by atomic mass is 10.0. The number of fused-ring (bicyclic) bond motifs is 1. The summed E-state index contributed by atoms with van der Waals surface area (Å²) in [7, 11) is -2.70. The SMILES string of the molecule is COC(=O)c1cccc(C(=O)CC/C=C/S(=O)(=O)NC[C@H]2OC(n3cnc4c(N)ncnc43)[C@H](O)[C@@H]2O)c1. The van der Waals surface area contributed by atoms with E-state index in [1.165, 1.54) is 42.5 Å². The van der Waals surface area contributed by atoms with Crippen molar-refractivity contribution < 1.29 is 37.7 Å². The number of hydrogen-bond donors (Lipinski definition) is 4. The zero-order chi connectivity index (χ0) is 27.4. The number of carbonyl (C=O) groups is 2. The van der Waals surface area contributed by atoms with Crippen LogP contribution in [0.1, 0.15) is 39.8 Å². The third-order valence-corrected chi connectivity index (χ3v) is 7.02. The molecule has 4 atom stereocenters. The summed E-state index contributed by atoms with van der Waals surface area (Å²) in [6.45, 7) is -0.329. The Labute approximate surface area is 217 Å². The maximum Gasteiger partial charge on any atom is 0.337 e. The molecule has 0 radical (unpaired) electrons. The summed E-state index contributed by atoms with van der Waals surface area (Å²) in [5.74, 6) is -0.703. The number of aliphatic hydroxyl groups excluding tert-OH is 2. The van der Waals surface area contributed by atoms with E-state index in [1.54, 1.807) is 12.1 Å². The van der Waals surface area contributed by atoms with Gasteiger partial charge in [-0.05, 0) is 18.6 Å². The van der Waals surface area contributed by atoms with Crippen molar-refractivity contribution >= 4 is 38.8 Å². The first-order valence-corrected chi connectivity index (χ1v) is 13.0. The molecule has 202 valence electrons. The van der Waals surface area contributed by atoms with Gasteiger partial charge in [-0.15, -0.1) is 0 Å². The molecule has 0 saturated carbocycles. The third kappa shape index (κ3) is 5.87. The molecule has 0 bridgehead atoms. The molecule has 4 rings (SSSR count). The van der Waals surface area contributed by atoms with Gasteiger partial charge in [0.25, 0.3) is 0 Å². The highest BCUT2D eigenvalue weighted by Gasteiger charge is 2.44. The number of ether oxygens (including phenoxy) is 2. The largest absolute Gasteiger partial charge is 0.465 e. The number of aliphatic hydroxyl groups is 2. The van der Waals surface area contributed by atoms with Gasteiger partial charge in [0.05, 0.1) is 19.0 Å². The molecule has 3 heterocycles. The van der Waals surface area contributed by atoms with Crippen LogP contribution < -0.4 is 10.5 Å². The fraction of sp³-hybridized carbons (Fsp3) is 0.348. The van der Waals surface area contributed by atoms with E-state index in [0.29, 0.717) is 11.1 Å². The monoisotopic (exact) mass is 546 g/mol. The van der Waals surface area contributed by atoms with Crippen molar-refractivity contribution in [1.82, 2.24) is 24.2 Å². The van der Waals surface area contributed by atoms with Crippen LogP contribution in [0.4, 0.5) is 5.82 Å². The molecule has 3 aromatic rings. The van der Waals surface area contributed by atoms with Gasteiger partial charge in [-0.25, -0.2) is 32.9 Å². The zero-order valence-electron chi connectivity index (χ0n) is 20.2. The van der Waals surface area contributed by atoms with Gasteiger partial charge in [0.15, 0.2) is 23.5 Å². The van der Waals surface area contributed by atoms with E-state index in [9.17, 15) is 28.2 Å². The van der Waals surface area contributed by atoms with Crippen LogP contribution in [0, 0.1) is 0 Å². The number of benzene rings is 1. The second-order valence-corrected chi connectivity index (χ2v) is 10.1. The van der Waals surface area contributed by atoms with Gasteiger partial charge in [0.1, 0.15) is 30.2 Å². The number of sulfonamides is 1. The number of nitrogen functional groups attached to an aromatic ring is 1. The maximum absolute atomic E-state index is 12.4. The molecule has 0 spiro atoms. The number of nitrogens with one attached hydrogen (secondary N) is 1. The lowest BCUT2D eigenvalue weighted by molar-refractivity contribution is -0.0329. The molecular formula is C23H26N6O8S. The second kappa shape index (κ2) is 11.3. The Morgan fingerprint density at radius 3 is 2.74 bits per heavy atom. The first-order valence-electron chi connectivity index (χ1n) is 11.4. The Bertz CT molecular complexity index is 1470. The minimum atomic E-state index is -3.94. The number of nitrogens with two attached hydrogens (primary N) is 1. The molecule has 1 unspecified atom stereocenters. The summed E-state index contributed by atoms with van der Waals surface area (Å²) >= 11 is 0. The van der Waals surface area contributed by atoms with Crippen LogP contribution >= 0.6 is 0 Å². The number of rotatable bonds is 10. The van der Waals surface area contributed by atoms with Crippen molar-refractivity contribution in [1.29, 1.82) is 0 Å². The van der Waals surface area contributed by atoms with Crippen molar-refractivity contribution in [3.05, 3.63) is 59.5 Å². The number of methoxy groups -OCH3 is 1. The van der Waals surface area contributed by atoms with Crippen molar-refractivity contribution in [2.45, 2.75) is 37.4 Å². The number of nitrogens with zero attached hydrogens (tertiary/aromatic N) is 4. The fourth-order valence-electron chi connectivity index (χ4n) is 3.92. The lowest BCUT2D eigenvalue weighted by Gasteiger charge is -2.16. The summed E-state index contributed by atoms with van der Waals surface area (Å²) in [4.78, 5) is 36.0. The summed E-state index contributed by atoms with van der Waals surface area (Å²) in [5.41, 5.74) is 6.89. The quantitative estimate of drug-likeness (QED) is 0.194. The van der Waals surface area contributed by atoms with Gasteiger partial charge in [0.2, 0.25) is 10.0 Å². The van der Waals surface area contributed by atoms with Crippen LogP contribution in [0.15, 0.2) is 48.4 Å². The van der Waals surface area contributed by atoms with Crippen LogP contribution in [0.5, 0.6) is 0 Å². The van der Waals surface area contributed by atoms with Crippen LogP contribution in [-0.4, -0.2) is 81.9 Å². The van der Waals surface area contributed by atoms with E-state index in [4.69, 9.17) is 10.5 Å². The standard InChI is InChI=1S/C23H26N6O8S/c1-36-23(33)14-6-4-5-13(9-14)15(30)7-2-3-8-38(34,35)28-10-16-18(31)19(32)22(37-16)29-12-27-17-20(24)25-11-26-21(17)29/h3-6,8-9,11-12,16,18-19,22,28,31-32H,2,7,10H2,1H3,(H2,24,25,26)/b8-3+/t16-,18-,19-,22?/m1/s1. The van der Waals surface area contributed by atoms with Crippen LogP contribution in [-0.2, 0) is 19.5 Å². The summed E-state index contributed by atoms with van der Waals surface area (Å²) in [6, 6.07) is 6.05. The highest BCUT2D eigenvalue weighted by molar-refractivity contribution is 7.92. The molecule has 0 aliphatic carbocycles. The molecule has 1 aliphatic rings. The van der Waals surface area contributed by atoms with Crippen LogP contribution in [0.25, 0.3) is 11.2 Å². The number of esters is 1. The average Bonchev–Trinajstić information content (AvgIpc) is 3.46. The number of anilines is 1. The number of aromatic nitrogens is 4. The minimum Gasteiger partial charge on any atom is -0.465 e. The number of imidazole rings is 1. The minimum absolute atomic E-state index is 0.0158. The van der Waals surface area contributed by atoms with E-state index < -0.39 is 40.5 Å². The van der Waals surface area contributed by atoms with E-state index in [0.717, 1.165) is 5.41 Å². The van der Waals surface area contributed by atoms with Gasteiger partial charge < -0.3 is 25.4 Å². The van der Waals surface area contributed by atoms with Crippen molar-refractivity contribution in [3.8, 4) is 0 Å². The molecule has 1 aromatic carbocycles. The summed E-state index contributed by atoms with van der Waals surface area (Å²) in [6.07, 6.45) is -0.936. The van der Waals surface area contributed by atoms with Gasteiger partial charge in [-0.2, -0.15) is 0 Å². The Morgan fingerprint density at radius 2 is 1.97 bits per heavy atom. The molecule has 38 heavy (non-hydrogen) atoms. The number of Topliss-reactive ketones (excluding diaryl/α,β-unsaturated/α-hetero) is 1. The van der Waals surface area contributed by atoms with Gasteiger partial charge in [0, 0.05) is 23.9 Å². The van der Waals surface area contributed by atoms with E-state index in [1.807, 2.05) is 0 Å². The molecular weight excluding hydrogens is 520 g/mol. The Morgan fingerprint density at radius 1 is 1.21 bits per heavy atom. The van der Waals surface area contributed by atoms with Gasteiger partial charge in [-0.3, -0.25) is 9.36 Å². The number of allylic oxidation sites excluding steroid dienone is 1. The smallest absolute Gasteiger partial charge is 0.337 e. The van der Waals surface area contributed by atoms with Crippen LogP contribution in [0.2, 0.25) is 0 Å². The Balaban J connectivity index is 1.31. The summed E-state index contributed by atoms with van der Waals surface area (Å²) in [5, 5.41) is 21.8. The Kier molecular flexibility index (Phi) is 8.13. The van der Waals surface area contributed by atoms with E-state index in [-0.39, 0.29) is 42.2 Å². The molecule has 5 N–H and O–H groups in total. The zero-order valence-corrected chi connectivity index (χ0v) is 21.0. The van der Waals surface area contributed by atoms with Gasteiger partial charge >= 0.3 is 5.97 Å².